The van der Waals surface area contributed by atoms with E-state index in [-0.39, 0.29) is 11.9 Å². The van der Waals surface area contributed by atoms with Crippen LogP contribution in [0.2, 0.25) is 0 Å². The monoisotopic (exact) mass is 298 g/mol. The number of urea groups is 1. The SMILES string of the molecule is CC1CCN(C(=O)NCc2cccc3ccccc23)CC1O. The van der Waals surface area contributed by atoms with Crippen LogP contribution in [0.3, 0.4) is 0 Å². The van der Waals surface area contributed by atoms with Gasteiger partial charge < -0.3 is 15.3 Å². The first kappa shape index (κ1) is 14.9. The Kier molecular flexibility index (Phi) is 4.29. The van der Waals surface area contributed by atoms with Crippen molar-refractivity contribution in [3.05, 3.63) is 48.0 Å². The van der Waals surface area contributed by atoms with Gasteiger partial charge in [-0.2, -0.15) is 0 Å². The van der Waals surface area contributed by atoms with Crippen LogP contribution in [0.5, 0.6) is 0 Å². The van der Waals surface area contributed by atoms with E-state index in [1.54, 1.807) is 4.90 Å². The summed E-state index contributed by atoms with van der Waals surface area (Å²) in [6.45, 7) is 3.65. The molecule has 116 valence electrons. The van der Waals surface area contributed by atoms with E-state index in [0.717, 1.165) is 17.4 Å². The highest BCUT2D eigenvalue weighted by Crippen LogP contribution is 2.19. The molecule has 2 aromatic rings. The summed E-state index contributed by atoms with van der Waals surface area (Å²) in [6, 6.07) is 14.2. The first-order valence-electron chi connectivity index (χ1n) is 7.82. The van der Waals surface area contributed by atoms with E-state index < -0.39 is 6.10 Å². The molecule has 2 N–H and O–H groups in total. The molecule has 4 heteroatoms. The number of hydrogen-bond acceptors (Lipinski definition) is 2. The summed E-state index contributed by atoms with van der Waals surface area (Å²) < 4.78 is 0. The fourth-order valence-corrected chi connectivity index (χ4v) is 2.96. The number of benzene rings is 2. The van der Waals surface area contributed by atoms with Gasteiger partial charge in [0.1, 0.15) is 0 Å². The molecule has 2 unspecified atom stereocenters. The number of nitrogens with zero attached hydrogens (tertiary/aromatic N) is 1. The third-order valence-corrected chi connectivity index (χ3v) is 4.52. The van der Waals surface area contributed by atoms with Gasteiger partial charge in [-0.25, -0.2) is 4.79 Å². The summed E-state index contributed by atoms with van der Waals surface area (Å²) in [5.74, 6) is 0.266. The molecule has 4 nitrogen and oxygen atoms in total. The number of aliphatic hydroxyl groups excluding tert-OH is 1. The minimum absolute atomic E-state index is 0.0983. The zero-order valence-corrected chi connectivity index (χ0v) is 12.8. The second kappa shape index (κ2) is 6.36. The van der Waals surface area contributed by atoms with Gasteiger partial charge in [-0.15, -0.1) is 0 Å². The Bertz CT molecular complexity index is 666. The van der Waals surface area contributed by atoms with Crippen molar-refractivity contribution in [3.8, 4) is 0 Å². The molecular weight excluding hydrogens is 276 g/mol. The second-order valence-electron chi connectivity index (χ2n) is 6.08. The van der Waals surface area contributed by atoms with Gasteiger partial charge in [0.2, 0.25) is 0 Å². The highest BCUT2D eigenvalue weighted by Gasteiger charge is 2.27. The first-order valence-corrected chi connectivity index (χ1v) is 7.82. The lowest BCUT2D eigenvalue weighted by molar-refractivity contribution is 0.0435. The van der Waals surface area contributed by atoms with Crippen LogP contribution in [0.25, 0.3) is 10.8 Å². The van der Waals surface area contributed by atoms with Crippen molar-refractivity contribution in [2.75, 3.05) is 13.1 Å². The highest BCUT2D eigenvalue weighted by atomic mass is 16.3. The number of amides is 2. The molecule has 22 heavy (non-hydrogen) atoms. The summed E-state index contributed by atoms with van der Waals surface area (Å²) in [7, 11) is 0. The van der Waals surface area contributed by atoms with E-state index in [0.29, 0.717) is 19.6 Å². The van der Waals surface area contributed by atoms with E-state index in [1.807, 2.05) is 31.2 Å². The molecule has 0 bridgehead atoms. The van der Waals surface area contributed by atoms with Gasteiger partial charge in [-0.05, 0) is 28.7 Å². The smallest absolute Gasteiger partial charge is 0.317 e. The van der Waals surface area contributed by atoms with Gasteiger partial charge in [0.15, 0.2) is 0 Å². The van der Waals surface area contributed by atoms with Crippen LogP contribution in [0, 0.1) is 5.92 Å². The quantitative estimate of drug-likeness (QED) is 0.895. The fraction of sp³-hybridized carbons (Fsp3) is 0.389. The highest BCUT2D eigenvalue weighted by molar-refractivity contribution is 5.86. The lowest BCUT2D eigenvalue weighted by Crippen LogP contribution is -2.49. The Morgan fingerprint density at radius 1 is 1.27 bits per heavy atom. The Labute approximate surface area is 130 Å². The predicted octanol–water partition coefficient (Wildman–Crippen LogP) is 2.75. The molecule has 2 atom stereocenters. The summed E-state index contributed by atoms with van der Waals surface area (Å²) in [4.78, 5) is 14.0. The van der Waals surface area contributed by atoms with Gasteiger partial charge in [-0.3, -0.25) is 0 Å². The zero-order chi connectivity index (χ0) is 15.5. The van der Waals surface area contributed by atoms with Crippen molar-refractivity contribution in [1.29, 1.82) is 0 Å². The molecule has 1 heterocycles. The van der Waals surface area contributed by atoms with Crippen molar-refractivity contribution >= 4 is 16.8 Å². The number of aliphatic hydroxyl groups is 1. The van der Waals surface area contributed by atoms with Gasteiger partial charge in [0, 0.05) is 19.6 Å². The Morgan fingerprint density at radius 2 is 2.05 bits per heavy atom. The molecule has 2 amide bonds. The molecule has 1 saturated heterocycles. The molecule has 1 fully saturated rings. The van der Waals surface area contributed by atoms with E-state index >= 15 is 0 Å². The van der Waals surface area contributed by atoms with Crippen LogP contribution in [-0.4, -0.2) is 35.2 Å². The normalized spacial score (nSPS) is 21.8. The molecule has 0 spiro atoms. The van der Waals surface area contributed by atoms with E-state index in [9.17, 15) is 9.90 Å². The molecular formula is C18H22N2O2. The molecule has 0 aromatic heterocycles. The average molecular weight is 298 g/mol. The topological polar surface area (TPSA) is 52.6 Å². The lowest BCUT2D eigenvalue weighted by Gasteiger charge is -2.34. The molecule has 3 rings (SSSR count). The Balaban J connectivity index is 1.65. The van der Waals surface area contributed by atoms with Crippen molar-refractivity contribution in [1.82, 2.24) is 10.2 Å². The number of hydrogen-bond donors (Lipinski definition) is 2. The van der Waals surface area contributed by atoms with Crippen molar-refractivity contribution in [2.24, 2.45) is 5.92 Å². The van der Waals surface area contributed by atoms with E-state index in [2.05, 4.69) is 23.5 Å². The summed E-state index contributed by atoms with van der Waals surface area (Å²) in [5, 5.41) is 15.2. The number of piperidine rings is 1. The van der Waals surface area contributed by atoms with Gasteiger partial charge in [0.05, 0.1) is 6.10 Å². The molecule has 0 saturated carbocycles. The van der Waals surface area contributed by atoms with Crippen LogP contribution in [0.4, 0.5) is 4.79 Å². The van der Waals surface area contributed by atoms with Crippen LogP contribution in [0.15, 0.2) is 42.5 Å². The maximum Gasteiger partial charge on any atom is 0.317 e. The lowest BCUT2D eigenvalue weighted by atomic mass is 9.96. The Hall–Kier alpha value is -2.07. The molecule has 1 aliphatic heterocycles. The molecule has 1 aliphatic rings. The number of carbonyl (C=O) groups is 1. The number of rotatable bonds is 2. The minimum atomic E-state index is -0.419. The van der Waals surface area contributed by atoms with Crippen LogP contribution < -0.4 is 5.32 Å². The summed E-state index contributed by atoms with van der Waals surface area (Å²) >= 11 is 0. The van der Waals surface area contributed by atoms with Crippen molar-refractivity contribution in [2.45, 2.75) is 26.0 Å². The number of fused-ring (bicyclic) bond motifs is 1. The second-order valence-corrected chi connectivity index (χ2v) is 6.08. The average Bonchev–Trinajstić information content (AvgIpc) is 2.55. The van der Waals surface area contributed by atoms with Crippen LogP contribution >= 0.6 is 0 Å². The number of nitrogens with one attached hydrogen (secondary N) is 1. The maximum atomic E-state index is 12.3. The third-order valence-electron chi connectivity index (χ3n) is 4.52. The largest absolute Gasteiger partial charge is 0.391 e. The first-order chi connectivity index (χ1) is 10.6. The standard InChI is InChI=1S/C18H22N2O2/c1-13-9-10-20(12-17(13)21)18(22)19-11-15-7-4-6-14-5-2-3-8-16(14)15/h2-8,13,17,21H,9-12H2,1H3,(H,19,22). The third kappa shape index (κ3) is 3.07. The van der Waals surface area contributed by atoms with E-state index in [4.69, 9.17) is 0 Å². The summed E-state index contributed by atoms with van der Waals surface area (Å²) in [6.07, 6.45) is 0.431. The van der Waals surface area contributed by atoms with Gasteiger partial charge >= 0.3 is 6.03 Å². The molecule has 0 aliphatic carbocycles. The number of likely N-dealkylation sites (tertiary alicyclic amines) is 1. The maximum absolute atomic E-state index is 12.3. The molecule has 0 radical (unpaired) electrons. The molecule has 2 aromatic carbocycles. The summed E-state index contributed by atoms with van der Waals surface area (Å²) in [5.41, 5.74) is 1.11. The zero-order valence-electron chi connectivity index (χ0n) is 12.8. The van der Waals surface area contributed by atoms with Crippen LogP contribution in [0.1, 0.15) is 18.9 Å². The Morgan fingerprint density at radius 3 is 2.86 bits per heavy atom. The fourth-order valence-electron chi connectivity index (χ4n) is 2.96. The van der Waals surface area contributed by atoms with Gasteiger partial charge in [0.25, 0.3) is 0 Å². The van der Waals surface area contributed by atoms with Gasteiger partial charge in [-0.1, -0.05) is 49.4 Å². The van der Waals surface area contributed by atoms with Crippen LogP contribution in [-0.2, 0) is 6.54 Å². The number of β-amino-alcohol motifs (C(OH)–C–C–N with tert-alkyl or cyclic N) is 1. The minimum Gasteiger partial charge on any atom is -0.391 e. The van der Waals surface area contributed by atoms with E-state index in [1.165, 1.54) is 5.39 Å². The number of carbonyl (C=O) groups excluding carboxylic acids is 1. The van der Waals surface area contributed by atoms with Crippen molar-refractivity contribution < 1.29 is 9.90 Å². The van der Waals surface area contributed by atoms with Crippen molar-refractivity contribution in [3.63, 3.8) is 0 Å². The predicted molar refractivity (Wildman–Crippen MR) is 87.5 cm³/mol.